The van der Waals surface area contributed by atoms with Gasteiger partial charge in [0.15, 0.2) is 0 Å². The first-order chi connectivity index (χ1) is 8.93. The normalized spacial score (nSPS) is 12.3. The molecule has 2 N–H and O–H groups in total. The number of carbonyl (C=O) groups is 1. The summed E-state index contributed by atoms with van der Waals surface area (Å²) in [6, 6.07) is 0. The van der Waals surface area contributed by atoms with Gasteiger partial charge in [-0.15, -0.1) is 0 Å². The summed E-state index contributed by atoms with van der Waals surface area (Å²) >= 11 is 0. The lowest BCUT2D eigenvalue weighted by Crippen LogP contribution is -2.23. The van der Waals surface area contributed by atoms with Gasteiger partial charge >= 0.3 is 5.97 Å². The first-order valence-electron chi connectivity index (χ1n) is 6.28. The quantitative estimate of drug-likeness (QED) is 0.758. The van der Waals surface area contributed by atoms with E-state index < -0.39 is 12.1 Å². The average Bonchev–Trinajstić information content (AvgIpc) is 2.34. The van der Waals surface area contributed by atoms with Crippen molar-refractivity contribution in [1.29, 1.82) is 0 Å². The first-order valence-corrected chi connectivity index (χ1v) is 6.28. The van der Waals surface area contributed by atoms with Crippen molar-refractivity contribution < 1.29 is 14.6 Å². The lowest BCUT2D eigenvalue weighted by atomic mass is 10.1. The van der Waals surface area contributed by atoms with Gasteiger partial charge in [0, 0.05) is 12.7 Å². The van der Waals surface area contributed by atoms with Gasteiger partial charge in [-0.25, -0.2) is 14.8 Å². The van der Waals surface area contributed by atoms with Crippen molar-refractivity contribution in [2.75, 3.05) is 19.0 Å². The summed E-state index contributed by atoms with van der Waals surface area (Å²) in [5, 5.41) is 12.8. The summed E-state index contributed by atoms with van der Waals surface area (Å²) in [5.41, 5.74) is 0.268. The van der Waals surface area contributed by atoms with E-state index in [1.807, 2.05) is 13.8 Å². The molecule has 0 aliphatic rings. The van der Waals surface area contributed by atoms with Crippen molar-refractivity contribution in [1.82, 2.24) is 9.97 Å². The van der Waals surface area contributed by atoms with Crippen molar-refractivity contribution >= 4 is 11.8 Å². The molecule has 0 aromatic carbocycles. The van der Waals surface area contributed by atoms with Crippen molar-refractivity contribution in [3.63, 3.8) is 0 Å². The largest absolute Gasteiger partial charge is 0.465 e. The predicted octanol–water partition coefficient (Wildman–Crippen LogP) is 1.39. The van der Waals surface area contributed by atoms with Crippen LogP contribution in [0.2, 0.25) is 0 Å². The minimum absolute atomic E-state index is 0.268. The Morgan fingerprint density at radius 3 is 2.79 bits per heavy atom. The molecule has 1 aromatic rings. The van der Waals surface area contributed by atoms with E-state index in [1.54, 1.807) is 6.92 Å². The molecule has 6 heteroatoms. The lowest BCUT2D eigenvalue weighted by Gasteiger charge is -2.15. The van der Waals surface area contributed by atoms with Crippen LogP contribution in [0.4, 0.5) is 5.82 Å². The molecule has 1 rings (SSSR count). The summed E-state index contributed by atoms with van der Waals surface area (Å²) < 4.78 is 4.67. The molecule has 0 aliphatic carbocycles. The number of aliphatic hydroxyl groups is 1. The SMILES string of the molecule is COC(=O)c1cnc(C)nc1NCC(O)CC(C)C. The van der Waals surface area contributed by atoms with Gasteiger partial charge in [-0.3, -0.25) is 0 Å². The van der Waals surface area contributed by atoms with E-state index >= 15 is 0 Å². The fraction of sp³-hybridized carbons (Fsp3) is 0.615. The van der Waals surface area contributed by atoms with Gasteiger partial charge in [-0.2, -0.15) is 0 Å². The molecule has 1 aromatic heterocycles. The molecule has 19 heavy (non-hydrogen) atoms. The number of methoxy groups -OCH3 is 1. The number of nitrogens with zero attached hydrogens (tertiary/aromatic N) is 2. The van der Waals surface area contributed by atoms with Gasteiger partial charge in [-0.05, 0) is 19.3 Å². The van der Waals surface area contributed by atoms with Gasteiger partial charge in [0.2, 0.25) is 0 Å². The minimum atomic E-state index is -0.499. The number of hydrogen-bond donors (Lipinski definition) is 2. The van der Waals surface area contributed by atoms with Crippen LogP contribution in [0.5, 0.6) is 0 Å². The van der Waals surface area contributed by atoms with Gasteiger partial charge in [0.1, 0.15) is 17.2 Å². The first kappa shape index (κ1) is 15.4. The third-order valence-corrected chi connectivity index (χ3v) is 2.56. The maximum Gasteiger partial charge on any atom is 0.343 e. The van der Waals surface area contributed by atoms with Crippen molar-refractivity contribution in [3.8, 4) is 0 Å². The second-order valence-corrected chi connectivity index (χ2v) is 4.84. The van der Waals surface area contributed by atoms with Crippen LogP contribution in [0.25, 0.3) is 0 Å². The smallest absolute Gasteiger partial charge is 0.343 e. The number of rotatable bonds is 6. The molecule has 0 spiro atoms. The third kappa shape index (κ3) is 4.82. The number of nitrogens with one attached hydrogen (secondary N) is 1. The van der Waals surface area contributed by atoms with Crippen molar-refractivity contribution in [2.45, 2.75) is 33.3 Å². The van der Waals surface area contributed by atoms with Crippen LogP contribution in [0, 0.1) is 12.8 Å². The number of ether oxygens (including phenoxy) is 1. The van der Waals surface area contributed by atoms with Crippen LogP contribution in [-0.4, -0.2) is 40.8 Å². The van der Waals surface area contributed by atoms with Crippen LogP contribution < -0.4 is 5.32 Å². The molecule has 0 fully saturated rings. The minimum Gasteiger partial charge on any atom is -0.465 e. The molecule has 106 valence electrons. The van der Waals surface area contributed by atoms with E-state index in [9.17, 15) is 9.90 Å². The maximum absolute atomic E-state index is 11.6. The summed E-state index contributed by atoms with van der Waals surface area (Å²) in [4.78, 5) is 19.7. The van der Waals surface area contributed by atoms with Crippen LogP contribution in [0.1, 0.15) is 36.5 Å². The van der Waals surface area contributed by atoms with Gasteiger partial charge in [-0.1, -0.05) is 13.8 Å². The second kappa shape index (κ2) is 7.04. The zero-order valence-corrected chi connectivity index (χ0v) is 11.8. The van der Waals surface area contributed by atoms with Gasteiger partial charge < -0.3 is 15.2 Å². The van der Waals surface area contributed by atoms with Crippen molar-refractivity contribution in [2.24, 2.45) is 5.92 Å². The number of aryl methyl sites for hydroxylation is 1. The van der Waals surface area contributed by atoms with E-state index in [0.29, 0.717) is 30.5 Å². The molecule has 0 aliphatic heterocycles. The Morgan fingerprint density at radius 2 is 2.21 bits per heavy atom. The fourth-order valence-corrected chi connectivity index (χ4v) is 1.71. The molecule has 1 unspecified atom stereocenters. The molecule has 0 bridgehead atoms. The maximum atomic E-state index is 11.6. The number of aromatic nitrogens is 2. The van der Waals surface area contributed by atoms with Crippen LogP contribution in [0.3, 0.4) is 0 Å². The summed E-state index contributed by atoms with van der Waals surface area (Å²) in [7, 11) is 1.31. The van der Waals surface area contributed by atoms with Gasteiger partial charge in [0.05, 0.1) is 13.2 Å². The third-order valence-electron chi connectivity index (χ3n) is 2.56. The van der Waals surface area contributed by atoms with E-state index in [1.165, 1.54) is 13.3 Å². The van der Waals surface area contributed by atoms with E-state index in [-0.39, 0.29) is 5.56 Å². The summed E-state index contributed by atoms with van der Waals surface area (Å²) in [6.07, 6.45) is 1.62. The Balaban J connectivity index is 2.76. The summed E-state index contributed by atoms with van der Waals surface area (Å²) in [5.74, 6) is 0.848. The van der Waals surface area contributed by atoms with E-state index in [4.69, 9.17) is 0 Å². The molecule has 0 saturated carbocycles. The lowest BCUT2D eigenvalue weighted by molar-refractivity contribution is 0.0600. The number of hydrogen-bond acceptors (Lipinski definition) is 6. The Morgan fingerprint density at radius 1 is 1.53 bits per heavy atom. The number of esters is 1. The Kier molecular flexibility index (Phi) is 5.69. The Bertz CT molecular complexity index is 435. The molecule has 0 amide bonds. The highest BCUT2D eigenvalue weighted by atomic mass is 16.5. The number of aliphatic hydroxyl groups excluding tert-OH is 1. The average molecular weight is 267 g/mol. The van der Waals surface area contributed by atoms with Crippen LogP contribution in [0.15, 0.2) is 6.20 Å². The second-order valence-electron chi connectivity index (χ2n) is 4.84. The van der Waals surface area contributed by atoms with E-state index in [2.05, 4.69) is 20.0 Å². The molecule has 0 radical (unpaired) electrons. The highest BCUT2D eigenvalue weighted by Gasteiger charge is 2.15. The fourth-order valence-electron chi connectivity index (χ4n) is 1.71. The molecule has 1 atom stereocenters. The molecular formula is C13H21N3O3. The Labute approximate surface area is 113 Å². The number of anilines is 1. The van der Waals surface area contributed by atoms with Gasteiger partial charge in [0.25, 0.3) is 0 Å². The van der Waals surface area contributed by atoms with Crippen molar-refractivity contribution in [3.05, 3.63) is 17.6 Å². The Hall–Kier alpha value is -1.69. The highest BCUT2D eigenvalue weighted by Crippen LogP contribution is 2.13. The molecule has 1 heterocycles. The predicted molar refractivity (Wildman–Crippen MR) is 72.1 cm³/mol. The zero-order chi connectivity index (χ0) is 14.4. The van der Waals surface area contributed by atoms with Crippen LogP contribution >= 0.6 is 0 Å². The zero-order valence-electron chi connectivity index (χ0n) is 11.8. The van der Waals surface area contributed by atoms with Crippen LogP contribution in [-0.2, 0) is 4.74 Å². The monoisotopic (exact) mass is 267 g/mol. The highest BCUT2D eigenvalue weighted by molar-refractivity contribution is 5.94. The molecular weight excluding hydrogens is 246 g/mol. The topological polar surface area (TPSA) is 84.3 Å². The summed E-state index contributed by atoms with van der Waals surface area (Å²) in [6.45, 7) is 6.14. The standard InChI is InChI=1S/C13H21N3O3/c1-8(2)5-10(17)6-15-12-11(13(18)19-4)7-14-9(3)16-12/h7-8,10,17H,5-6H2,1-4H3,(H,14,15,16). The number of carbonyl (C=O) groups excluding carboxylic acids is 1. The molecule has 0 saturated heterocycles. The molecule has 6 nitrogen and oxygen atoms in total. The van der Waals surface area contributed by atoms with E-state index in [0.717, 1.165) is 0 Å².